The Labute approximate surface area is 418 Å². The fraction of sp³-hybridized carbons (Fsp3) is 0.182. The molecular weight excluding hydrogens is 885 g/mol. The Kier molecular flexibility index (Phi) is 11.3. The SMILES string of the molecule is CCCCCCN1C(=O)c2cccc3c(C#Cc4ccc5ccc6ccc7ccc8ccc9ccc(C#Cc%10ccc%11c%12c(cccc%10%12)C(=O)N(CCCCCC)C%11=O)cc9c8c7c6c5c4)ccc(c23)C1=O. The van der Waals surface area contributed by atoms with Crippen LogP contribution >= 0.6 is 0 Å². The largest absolute Gasteiger partial charge is 0.274 e. The predicted molar refractivity (Wildman–Crippen MR) is 293 cm³/mol. The number of fused-ring (bicyclic) bond motifs is 9. The van der Waals surface area contributed by atoms with E-state index >= 15 is 0 Å². The molecule has 0 aromatic heterocycles. The Balaban J connectivity index is 0.937. The second kappa shape index (κ2) is 18.3. The molecule has 0 bridgehead atoms. The second-order valence-electron chi connectivity index (χ2n) is 19.4. The van der Waals surface area contributed by atoms with Crippen LogP contribution in [-0.2, 0) is 0 Å². The maximum absolute atomic E-state index is 13.7. The van der Waals surface area contributed by atoms with Gasteiger partial charge >= 0.3 is 0 Å². The van der Waals surface area contributed by atoms with Crippen LogP contribution in [0.2, 0.25) is 0 Å². The third-order valence-corrected chi connectivity index (χ3v) is 14.9. The molecule has 10 aromatic carbocycles. The average molecular weight is 935 g/mol. The number of hydrogen-bond acceptors (Lipinski definition) is 4. The van der Waals surface area contributed by atoms with E-state index in [2.05, 4.69) is 122 Å². The first-order valence-corrected chi connectivity index (χ1v) is 25.4. The van der Waals surface area contributed by atoms with Gasteiger partial charge in [0, 0.05) is 68.4 Å². The minimum atomic E-state index is -0.236. The van der Waals surface area contributed by atoms with Crippen molar-refractivity contribution in [3.05, 3.63) is 190 Å². The van der Waals surface area contributed by atoms with Crippen molar-refractivity contribution in [1.82, 2.24) is 9.80 Å². The van der Waals surface area contributed by atoms with Crippen molar-refractivity contribution in [3.63, 3.8) is 0 Å². The van der Waals surface area contributed by atoms with Crippen LogP contribution in [0, 0.1) is 23.7 Å². The Morgan fingerprint density at radius 1 is 0.333 bits per heavy atom. The first-order valence-electron chi connectivity index (χ1n) is 25.4. The van der Waals surface area contributed by atoms with Crippen molar-refractivity contribution in [2.24, 2.45) is 0 Å². The van der Waals surface area contributed by atoms with Crippen molar-refractivity contribution in [3.8, 4) is 23.7 Å². The van der Waals surface area contributed by atoms with Crippen LogP contribution in [0.25, 0.3) is 75.4 Å². The lowest BCUT2D eigenvalue weighted by Gasteiger charge is -2.27. The summed E-state index contributed by atoms with van der Waals surface area (Å²) in [5.41, 5.74) is 5.44. The maximum Gasteiger partial charge on any atom is 0.261 e. The molecule has 0 unspecified atom stereocenters. The number of carbonyl (C=O) groups excluding carboxylic acids is 4. The van der Waals surface area contributed by atoms with Gasteiger partial charge in [-0.3, -0.25) is 29.0 Å². The minimum absolute atomic E-state index is 0.236. The minimum Gasteiger partial charge on any atom is -0.274 e. The summed E-state index contributed by atoms with van der Waals surface area (Å²) in [6.45, 7) is 5.14. The van der Waals surface area contributed by atoms with Gasteiger partial charge in [0.25, 0.3) is 23.6 Å². The van der Waals surface area contributed by atoms with E-state index in [1.165, 1.54) is 9.80 Å². The molecule has 2 aliphatic heterocycles. The first-order chi connectivity index (χ1) is 35.3. The van der Waals surface area contributed by atoms with Crippen molar-refractivity contribution < 1.29 is 19.2 Å². The summed E-state index contributed by atoms with van der Waals surface area (Å²) in [4.78, 5) is 57.7. The summed E-state index contributed by atoms with van der Waals surface area (Å²) < 4.78 is 0. The lowest BCUT2D eigenvalue weighted by atomic mass is 9.89. The molecule has 0 radical (unpaired) electrons. The zero-order chi connectivity index (χ0) is 49.0. The van der Waals surface area contributed by atoms with E-state index in [4.69, 9.17) is 0 Å². The lowest BCUT2D eigenvalue weighted by Crippen LogP contribution is -2.40. The molecule has 348 valence electrons. The van der Waals surface area contributed by atoms with Crippen molar-refractivity contribution >= 4 is 99.0 Å². The fourth-order valence-corrected chi connectivity index (χ4v) is 11.2. The molecule has 6 nitrogen and oxygen atoms in total. The van der Waals surface area contributed by atoms with E-state index in [-0.39, 0.29) is 23.6 Å². The monoisotopic (exact) mass is 934 g/mol. The summed E-state index contributed by atoms with van der Waals surface area (Å²) in [6, 6.07) is 49.1. The zero-order valence-corrected chi connectivity index (χ0v) is 40.5. The number of carbonyl (C=O) groups is 4. The number of benzene rings is 10. The Bertz CT molecular complexity index is 3820. The molecule has 0 spiro atoms. The molecule has 12 rings (SSSR count). The normalized spacial score (nSPS) is 13.2. The summed E-state index contributed by atoms with van der Waals surface area (Å²) in [7, 11) is 0. The van der Waals surface area contributed by atoms with Crippen LogP contribution < -0.4 is 0 Å². The van der Waals surface area contributed by atoms with Gasteiger partial charge < -0.3 is 0 Å². The average Bonchev–Trinajstić information content (AvgIpc) is 3.41. The third-order valence-electron chi connectivity index (χ3n) is 14.9. The third kappa shape index (κ3) is 7.46. The Hall–Kier alpha value is -8.58. The fourth-order valence-electron chi connectivity index (χ4n) is 11.2. The summed E-state index contributed by atoms with van der Waals surface area (Å²) in [5, 5.41) is 14.2. The van der Waals surface area contributed by atoms with Gasteiger partial charge in [0.2, 0.25) is 0 Å². The van der Waals surface area contributed by atoms with Crippen LogP contribution in [-0.4, -0.2) is 46.5 Å². The number of nitrogens with zero attached hydrogens (tertiary/aromatic N) is 2. The number of rotatable bonds is 10. The van der Waals surface area contributed by atoms with Crippen molar-refractivity contribution in [2.75, 3.05) is 13.1 Å². The molecule has 2 aliphatic rings. The molecule has 2 heterocycles. The highest BCUT2D eigenvalue weighted by Crippen LogP contribution is 2.41. The van der Waals surface area contributed by atoms with Crippen LogP contribution in [0.15, 0.2) is 146 Å². The van der Waals surface area contributed by atoms with Gasteiger partial charge in [-0.05, 0) is 138 Å². The van der Waals surface area contributed by atoms with E-state index < -0.39 is 0 Å². The zero-order valence-electron chi connectivity index (χ0n) is 40.5. The first kappa shape index (κ1) is 44.6. The topological polar surface area (TPSA) is 74.8 Å². The number of unbranched alkanes of at least 4 members (excludes halogenated alkanes) is 6. The van der Waals surface area contributed by atoms with E-state index in [0.29, 0.717) is 46.1 Å². The van der Waals surface area contributed by atoms with Gasteiger partial charge in [-0.15, -0.1) is 0 Å². The van der Waals surface area contributed by atoms with Crippen molar-refractivity contribution in [1.29, 1.82) is 0 Å². The van der Waals surface area contributed by atoms with Gasteiger partial charge in [0.05, 0.1) is 0 Å². The van der Waals surface area contributed by atoms with Gasteiger partial charge in [-0.1, -0.05) is 161 Å². The van der Waals surface area contributed by atoms with Crippen LogP contribution in [0.5, 0.6) is 0 Å². The molecule has 4 amide bonds. The standard InChI is InChI=1S/C66H50N2O4/c1-3-5-7-9-37-67-63(69)52-15-11-13-50-43(33-35-54(61(50)52)65(67)71)21-17-41-19-23-45-25-27-47-29-31-49-32-30-48-28-26-46-24-20-42(40-57(46)59(48)60(49)58(47)56(45)39-41)18-22-44-34-36-55-62-51(44)14-12-16-53(62)64(70)68(66(55)72)38-10-8-6-4-2/h11-16,19-20,23-36,39-40H,3-10,37-38H2,1-2H3. The highest BCUT2D eigenvalue weighted by atomic mass is 16.2. The summed E-state index contributed by atoms with van der Waals surface area (Å²) in [5.74, 6) is 12.9. The quantitative estimate of drug-likeness (QED) is 0.0592. The summed E-state index contributed by atoms with van der Waals surface area (Å²) >= 11 is 0. The molecule has 10 aromatic rings. The second-order valence-corrected chi connectivity index (χ2v) is 19.4. The number of hydrogen-bond donors (Lipinski definition) is 0. The Morgan fingerprint density at radius 2 is 0.708 bits per heavy atom. The van der Waals surface area contributed by atoms with Crippen LogP contribution in [0.4, 0.5) is 0 Å². The van der Waals surface area contributed by atoms with Gasteiger partial charge in [-0.25, -0.2) is 0 Å². The molecule has 0 fully saturated rings. The number of imide groups is 2. The smallest absolute Gasteiger partial charge is 0.261 e. The Morgan fingerprint density at radius 3 is 1.12 bits per heavy atom. The highest BCUT2D eigenvalue weighted by Gasteiger charge is 2.34. The molecule has 0 aliphatic carbocycles. The molecule has 0 N–H and O–H groups in total. The molecule has 72 heavy (non-hydrogen) atoms. The molecule has 0 saturated heterocycles. The lowest BCUT2D eigenvalue weighted by molar-refractivity contribution is 0.0592. The molecule has 6 heteroatoms. The van der Waals surface area contributed by atoms with Gasteiger partial charge in [-0.2, -0.15) is 0 Å². The number of amides is 4. The molecular formula is C66H50N2O4. The van der Waals surface area contributed by atoms with E-state index in [9.17, 15) is 19.2 Å². The molecule has 0 saturated carbocycles. The van der Waals surface area contributed by atoms with E-state index in [0.717, 1.165) is 138 Å². The van der Waals surface area contributed by atoms with E-state index in [1.54, 1.807) is 0 Å². The van der Waals surface area contributed by atoms with Gasteiger partial charge in [0.1, 0.15) is 0 Å². The highest BCUT2D eigenvalue weighted by molar-refractivity contribution is 6.32. The van der Waals surface area contributed by atoms with Gasteiger partial charge in [0.15, 0.2) is 0 Å². The molecule has 0 atom stereocenters. The van der Waals surface area contributed by atoms with Crippen LogP contribution in [0.3, 0.4) is 0 Å². The van der Waals surface area contributed by atoms with E-state index in [1.807, 2.05) is 60.7 Å². The van der Waals surface area contributed by atoms with Crippen LogP contribution in [0.1, 0.15) is 129 Å². The van der Waals surface area contributed by atoms with Crippen molar-refractivity contribution in [2.45, 2.75) is 65.2 Å². The summed E-state index contributed by atoms with van der Waals surface area (Å²) in [6.07, 6.45) is 7.89. The maximum atomic E-state index is 13.7. The predicted octanol–water partition coefficient (Wildman–Crippen LogP) is 14.9.